The number of aldehydes is 1. The van der Waals surface area contributed by atoms with Crippen LogP contribution in [0.3, 0.4) is 0 Å². The van der Waals surface area contributed by atoms with Gasteiger partial charge in [0.05, 0.1) is 5.69 Å². The molecule has 0 saturated heterocycles. The molecule has 2 aromatic rings. The molecule has 1 aliphatic rings. The van der Waals surface area contributed by atoms with E-state index in [1.165, 1.54) is 11.6 Å². The van der Waals surface area contributed by atoms with Crippen LogP contribution in [0.4, 0.5) is 15.8 Å². The predicted molar refractivity (Wildman–Crippen MR) is 73.5 cm³/mol. The van der Waals surface area contributed by atoms with E-state index in [4.69, 9.17) is 0 Å². The van der Waals surface area contributed by atoms with E-state index in [9.17, 15) is 9.18 Å². The minimum Gasteiger partial charge on any atom is -0.336 e. The Bertz CT molecular complexity index is 638. The molecule has 0 spiro atoms. The number of benzene rings is 2. The molecule has 2 aromatic carbocycles. The zero-order valence-corrected chi connectivity index (χ0v) is 10.6. The van der Waals surface area contributed by atoms with Crippen LogP contribution in [0.5, 0.6) is 0 Å². The Morgan fingerprint density at radius 3 is 2.74 bits per heavy atom. The molecule has 3 rings (SSSR count). The fourth-order valence-corrected chi connectivity index (χ4v) is 2.72. The summed E-state index contributed by atoms with van der Waals surface area (Å²) in [6, 6.07) is 12.9. The Morgan fingerprint density at radius 1 is 1.21 bits per heavy atom. The van der Waals surface area contributed by atoms with Crippen molar-refractivity contribution in [3.8, 4) is 0 Å². The van der Waals surface area contributed by atoms with Crippen LogP contribution in [0.15, 0.2) is 42.5 Å². The van der Waals surface area contributed by atoms with Gasteiger partial charge in [-0.25, -0.2) is 4.39 Å². The number of carbonyl (C=O) groups is 1. The Hall–Kier alpha value is -2.16. The lowest BCUT2D eigenvalue weighted by Crippen LogP contribution is -2.24. The van der Waals surface area contributed by atoms with Gasteiger partial charge in [-0.1, -0.05) is 18.2 Å². The third kappa shape index (κ3) is 1.91. The highest BCUT2D eigenvalue weighted by Gasteiger charge is 2.28. The Kier molecular flexibility index (Phi) is 2.82. The van der Waals surface area contributed by atoms with Crippen LogP contribution in [0.1, 0.15) is 22.8 Å². The van der Waals surface area contributed by atoms with E-state index < -0.39 is 0 Å². The van der Waals surface area contributed by atoms with Crippen LogP contribution in [-0.4, -0.2) is 12.3 Å². The van der Waals surface area contributed by atoms with Gasteiger partial charge in [0.15, 0.2) is 0 Å². The summed E-state index contributed by atoms with van der Waals surface area (Å²) in [6.07, 6.45) is 1.57. The third-order valence-electron chi connectivity index (χ3n) is 3.57. The van der Waals surface area contributed by atoms with E-state index in [-0.39, 0.29) is 11.9 Å². The zero-order chi connectivity index (χ0) is 13.4. The number of para-hydroxylation sites is 1. The largest absolute Gasteiger partial charge is 0.336 e. The fourth-order valence-electron chi connectivity index (χ4n) is 2.72. The lowest BCUT2D eigenvalue weighted by Gasteiger charge is -2.25. The quantitative estimate of drug-likeness (QED) is 0.762. The normalized spacial score (nSPS) is 17.4. The molecule has 1 unspecified atom stereocenters. The number of rotatable bonds is 2. The maximum atomic E-state index is 14.2. The SMILES string of the molecule is CC1Cc2ccccc2N1c1ccc(C=O)cc1F. The predicted octanol–water partition coefficient (Wildman–Crippen LogP) is 3.72. The highest BCUT2D eigenvalue weighted by Crippen LogP contribution is 2.39. The van der Waals surface area contributed by atoms with E-state index in [2.05, 4.69) is 13.0 Å². The first kappa shape index (κ1) is 11.9. The first-order valence-corrected chi connectivity index (χ1v) is 6.32. The van der Waals surface area contributed by atoms with E-state index in [1.54, 1.807) is 12.1 Å². The molecule has 96 valence electrons. The maximum Gasteiger partial charge on any atom is 0.150 e. The maximum absolute atomic E-state index is 14.2. The summed E-state index contributed by atoms with van der Waals surface area (Å²) in [7, 11) is 0. The Balaban J connectivity index is 2.09. The van der Waals surface area contributed by atoms with Crippen LogP contribution in [0.2, 0.25) is 0 Å². The van der Waals surface area contributed by atoms with E-state index in [0.717, 1.165) is 12.1 Å². The number of hydrogen-bond donors (Lipinski definition) is 0. The van der Waals surface area contributed by atoms with E-state index >= 15 is 0 Å². The van der Waals surface area contributed by atoms with Crippen molar-refractivity contribution in [1.82, 2.24) is 0 Å². The average molecular weight is 255 g/mol. The summed E-state index contributed by atoms with van der Waals surface area (Å²) < 4.78 is 14.2. The van der Waals surface area contributed by atoms with Gasteiger partial charge in [-0.15, -0.1) is 0 Å². The standard InChI is InChI=1S/C16H14FNO/c1-11-8-13-4-2-3-5-15(13)18(11)16-7-6-12(10-19)9-14(16)17/h2-7,9-11H,8H2,1H3. The van der Waals surface area contributed by atoms with E-state index in [0.29, 0.717) is 17.5 Å². The van der Waals surface area contributed by atoms with Gasteiger partial charge in [0.2, 0.25) is 0 Å². The molecule has 0 fully saturated rings. The fraction of sp³-hybridized carbons (Fsp3) is 0.188. The number of fused-ring (bicyclic) bond motifs is 1. The van der Waals surface area contributed by atoms with Gasteiger partial charge in [-0.05, 0) is 43.2 Å². The summed E-state index contributed by atoms with van der Waals surface area (Å²) in [5, 5.41) is 0. The molecule has 0 aromatic heterocycles. The molecule has 0 bridgehead atoms. The zero-order valence-electron chi connectivity index (χ0n) is 10.6. The molecule has 3 heteroatoms. The molecular formula is C16H14FNO. The summed E-state index contributed by atoms with van der Waals surface area (Å²) in [5.41, 5.74) is 3.17. The van der Waals surface area contributed by atoms with Gasteiger partial charge >= 0.3 is 0 Å². The molecular weight excluding hydrogens is 241 g/mol. The van der Waals surface area contributed by atoms with Crippen molar-refractivity contribution in [2.75, 3.05) is 4.90 Å². The van der Waals surface area contributed by atoms with Crippen LogP contribution >= 0.6 is 0 Å². The number of carbonyl (C=O) groups excluding carboxylic acids is 1. The average Bonchev–Trinajstić information content (AvgIpc) is 2.75. The third-order valence-corrected chi connectivity index (χ3v) is 3.57. The summed E-state index contributed by atoms with van der Waals surface area (Å²) >= 11 is 0. The number of anilines is 2. The molecule has 1 heterocycles. The molecule has 0 radical (unpaired) electrons. The van der Waals surface area contributed by atoms with Crippen molar-refractivity contribution in [3.05, 3.63) is 59.4 Å². The molecule has 1 atom stereocenters. The van der Waals surface area contributed by atoms with Crippen molar-refractivity contribution in [3.63, 3.8) is 0 Å². The van der Waals surface area contributed by atoms with Gasteiger partial charge in [0, 0.05) is 17.3 Å². The van der Waals surface area contributed by atoms with Gasteiger partial charge in [0.25, 0.3) is 0 Å². The van der Waals surface area contributed by atoms with Crippen LogP contribution < -0.4 is 4.90 Å². The second kappa shape index (κ2) is 4.50. The summed E-state index contributed by atoms with van der Waals surface area (Å²) in [5.74, 6) is -0.354. The lowest BCUT2D eigenvalue weighted by molar-refractivity contribution is 0.112. The van der Waals surface area contributed by atoms with Crippen LogP contribution in [0.25, 0.3) is 0 Å². The molecule has 2 nitrogen and oxygen atoms in total. The number of hydrogen-bond acceptors (Lipinski definition) is 2. The molecule has 19 heavy (non-hydrogen) atoms. The van der Waals surface area contributed by atoms with Crippen molar-refractivity contribution < 1.29 is 9.18 Å². The van der Waals surface area contributed by atoms with E-state index in [1.807, 2.05) is 23.1 Å². The summed E-state index contributed by atoms with van der Waals surface area (Å²) in [4.78, 5) is 12.7. The highest BCUT2D eigenvalue weighted by molar-refractivity contribution is 5.78. The van der Waals surface area contributed by atoms with Crippen LogP contribution in [0, 0.1) is 5.82 Å². The second-order valence-corrected chi connectivity index (χ2v) is 4.88. The van der Waals surface area contributed by atoms with Gasteiger partial charge < -0.3 is 4.90 Å². The van der Waals surface area contributed by atoms with Crippen LogP contribution in [-0.2, 0) is 6.42 Å². The van der Waals surface area contributed by atoms with Crippen molar-refractivity contribution in [2.45, 2.75) is 19.4 Å². The molecule has 0 amide bonds. The van der Waals surface area contributed by atoms with Crippen molar-refractivity contribution in [2.24, 2.45) is 0 Å². The molecule has 0 aliphatic carbocycles. The Morgan fingerprint density at radius 2 is 2.00 bits per heavy atom. The monoisotopic (exact) mass is 255 g/mol. The molecule has 0 N–H and O–H groups in total. The minimum absolute atomic E-state index is 0.217. The summed E-state index contributed by atoms with van der Waals surface area (Å²) in [6.45, 7) is 2.08. The van der Waals surface area contributed by atoms with Crippen molar-refractivity contribution in [1.29, 1.82) is 0 Å². The van der Waals surface area contributed by atoms with Gasteiger partial charge in [-0.3, -0.25) is 4.79 Å². The first-order chi connectivity index (χ1) is 9.20. The smallest absolute Gasteiger partial charge is 0.150 e. The topological polar surface area (TPSA) is 20.3 Å². The first-order valence-electron chi connectivity index (χ1n) is 6.32. The number of halogens is 1. The minimum atomic E-state index is -0.354. The lowest BCUT2D eigenvalue weighted by atomic mass is 10.1. The highest BCUT2D eigenvalue weighted by atomic mass is 19.1. The molecule has 0 saturated carbocycles. The second-order valence-electron chi connectivity index (χ2n) is 4.88. The number of nitrogens with zero attached hydrogens (tertiary/aromatic N) is 1. The Labute approximate surface area is 111 Å². The van der Waals surface area contributed by atoms with Crippen molar-refractivity contribution >= 4 is 17.7 Å². The van der Waals surface area contributed by atoms with Gasteiger partial charge in [0.1, 0.15) is 12.1 Å². The molecule has 1 aliphatic heterocycles. The van der Waals surface area contributed by atoms with Gasteiger partial charge in [-0.2, -0.15) is 0 Å².